The van der Waals surface area contributed by atoms with E-state index in [2.05, 4.69) is 4.98 Å². The Morgan fingerprint density at radius 3 is 2.57 bits per heavy atom. The molecular weight excluding hydrogens is 270 g/mol. The van der Waals surface area contributed by atoms with E-state index in [0.29, 0.717) is 22.9 Å². The number of nitrogen functional groups attached to an aromatic ring is 1. The molecule has 0 saturated carbocycles. The monoisotopic (exact) mass is 283 g/mol. The summed E-state index contributed by atoms with van der Waals surface area (Å²) in [6.45, 7) is 0. The molecule has 106 valence electrons. The molecule has 0 aliphatic rings. The molecule has 21 heavy (non-hydrogen) atoms. The third-order valence-electron chi connectivity index (χ3n) is 3.24. The van der Waals surface area contributed by atoms with Gasteiger partial charge in [-0.2, -0.15) is 0 Å². The zero-order valence-corrected chi connectivity index (χ0v) is 11.3. The molecule has 0 spiro atoms. The van der Waals surface area contributed by atoms with Crippen LogP contribution < -0.4 is 10.5 Å². The number of hydrogen-bond acceptors (Lipinski definition) is 4. The van der Waals surface area contributed by atoms with Gasteiger partial charge < -0.3 is 15.6 Å². The van der Waals surface area contributed by atoms with Gasteiger partial charge >= 0.3 is 5.97 Å². The van der Waals surface area contributed by atoms with Gasteiger partial charge in [0.15, 0.2) is 5.69 Å². The lowest BCUT2D eigenvalue weighted by atomic mass is 10.2. The van der Waals surface area contributed by atoms with E-state index in [-0.39, 0.29) is 5.69 Å². The number of hydrogen-bond donors (Lipinski definition) is 2. The summed E-state index contributed by atoms with van der Waals surface area (Å²) in [7, 11) is 1.58. The first kappa shape index (κ1) is 13.0. The minimum atomic E-state index is -1.09. The van der Waals surface area contributed by atoms with Crippen molar-refractivity contribution in [1.82, 2.24) is 9.38 Å². The quantitative estimate of drug-likeness (QED) is 0.769. The Hall–Kier alpha value is -3.02. The van der Waals surface area contributed by atoms with Crippen molar-refractivity contribution in [3.63, 3.8) is 0 Å². The fourth-order valence-electron chi connectivity index (χ4n) is 2.25. The number of benzene rings is 1. The molecule has 6 heteroatoms. The largest absolute Gasteiger partial charge is 0.497 e. The van der Waals surface area contributed by atoms with Crippen LogP contribution >= 0.6 is 0 Å². The van der Waals surface area contributed by atoms with Crippen LogP contribution in [0.25, 0.3) is 16.9 Å². The molecule has 1 aromatic carbocycles. The molecule has 0 saturated heterocycles. The Kier molecular flexibility index (Phi) is 2.98. The zero-order chi connectivity index (χ0) is 15.0. The van der Waals surface area contributed by atoms with E-state index in [1.165, 1.54) is 0 Å². The van der Waals surface area contributed by atoms with Gasteiger partial charge in [-0.15, -0.1) is 0 Å². The highest BCUT2D eigenvalue weighted by Crippen LogP contribution is 2.27. The minimum absolute atomic E-state index is 0.0203. The smallest absolute Gasteiger partial charge is 0.356 e. The maximum absolute atomic E-state index is 11.3. The van der Waals surface area contributed by atoms with Crippen molar-refractivity contribution < 1.29 is 14.6 Å². The highest BCUT2D eigenvalue weighted by Gasteiger charge is 2.18. The summed E-state index contributed by atoms with van der Waals surface area (Å²) in [6, 6.07) is 12.3. The van der Waals surface area contributed by atoms with Crippen LogP contribution in [0.1, 0.15) is 10.5 Å². The zero-order valence-electron chi connectivity index (χ0n) is 11.3. The van der Waals surface area contributed by atoms with Crippen LogP contribution in [-0.4, -0.2) is 27.6 Å². The van der Waals surface area contributed by atoms with Gasteiger partial charge in [0.25, 0.3) is 0 Å². The summed E-state index contributed by atoms with van der Waals surface area (Å²) in [5, 5.41) is 9.28. The second kappa shape index (κ2) is 4.82. The first-order chi connectivity index (χ1) is 10.1. The van der Waals surface area contributed by atoms with Gasteiger partial charge in [-0.05, 0) is 36.4 Å². The van der Waals surface area contributed by atoms with Gasteiger partial charge in [0, 0.05) is 5.56 Å². The van der Waals surface area contributed by atoms with E-state index in [1.807, 2.05) is 12.1 Å². The number of nitrogens with two attached hydrogens (primary N) is 1. The third kappa shape index (κ3) is 2.06. The molecule has 2 heterocycles. The average Bonchev–Trinajstić information content (AvgIpc) is 2.88. The summed E-state index contributed by atoms with van der Waals surface area (Å²) in [5.41, 5.74) is 7.18. The van der Waals surface area contributed by atoms with Gasteiger partial charge in [0.2, 0.25) is 0 Å². The SMILES string of the molecule is COc1ccc(-c2nc(C(=O)O)c3cccc(N)n23)cc1. The average molecular weight is 283 g/mol. The molecule has 3 aromatic rings. The molecule has 0 radical (unpaired) electrons. The Bertz CT molecular complexity index is 822. The summed E-state index contributed by atoms with van der Waals surface area (Å²) in [4.78, 5) is 15.6. The highest BCUT2D eigenvalue weighted by atomic mass is 16.5. The second-order valence-electron chi connectivity index (χ2n) is 4.49. The molecule has 0 amide bonds. The summed E-state index contributed by atoms with van der Waals surface area (Å²) >= 11 is 0. The van der Waals surface area contributed by atoms with Crippen molar-refractivity contribution in [3.05, 3.63) is 48.2 Å². The van der Waals surface area contributed by atoms with E-state index >= 15 is 0 Å². The fourth-order valence-corrected chi connectivity index (χ4v) is 2.25. The number of carboxylic acid groups (broad SMARTS) is 1. The van der Waals surface area contributed by atoms with E-state index < -0.39 is 5.97 Å². The van der Waals surface area contributed by atoms with Gasteiger partial charge in [-0.25, -0.2) is 9.78 Å². The first-order valence-corrected chi connectivity index (χ1v) is 6.26. The minimum Gasteiger partial charge on any atom is -0.497 e. The van der Waals surface area contributed by atoms with E-state index in [1.54, 1.807) is 41.8 Å². The van der Waals surface area contributed by atoms with Crippen molar-refractivity contribution in [2.45, 2.75) is 0 Å². The number of aromatic carboxylic acids is 1. The highest BCUT2D eigenvalue weighted by molar-refractivity contribution is 5.95. The van der Waals surface area contributed by atoms with Crippen LogP contribution in [0.15, 0.2) is 42.5 Å². The molecule has 0 bridgehead atoms. The molecule has 0 aliphatic heterocycles. The Morgan fingerprint density at radius 1 is 1.24 bits per heavy atom. The fraction of sp³-hybridized carbons (Fsp3) is 0.0667. The number of aromatic nitrogens is 2. The number of anilines is 1. The molecule has 3 N–H and O–H groups in total. The summed E-state index contributed by atoms with van der Waals surface area (Å²) < 4.78 is 6.74. The summed E-state index contributed by atoms with van der Waals surface area (Å²) in [6.07, 6.45) is 0. The van der Waals surface area contributed by atoms with Crippen LogP contribution in [0.4, 0.5) is 5.82 Å². The first-order valence-electron chi connectivity index (χ1n) is 6.26. The van der Waals surface area contributed by atoms with Crippen molar-refractivity contribution in [1.29, 1.82) is 0 Å². The number of pyridine rings is 1. The number of imidazole rings is 1. The van der Waals surface area contributed by atoms with E-state index in [4.69, 9.17) is 10.5 Å². The number of fused-ring (bicyclic) bond motifs is 1. The van der Waals surface area contributed by atoms with Gasteiger partial charge in [-0.3, -0.25) is 4.40 Å². The van der Waals surface area contributed by atoms with Crippen molar-refractivity contribution in [2.75, 3.05) is 12.8 Å². The van der Waals surface area contributed by atoms with Crippen molar-refractivity contribution in [3.8, 4) is 17.1 Å². The number of rotatable bonds is 3. The molecule has 6 nitrogen and oxygen atoms in total. The summed E-state index contributed by atoms with van der Waals surface area (Å²) in [5.74, 6) is 0.547. The van der Waals surface area contributed by atoms with Crippen molar-refractivity contribution >= 4 is 17.3 Å². The predicted molar refractivity (Wildman–Crippen MR) is 78.6 cm³/mol. The van der Waals surface area contributed by atoms with Crippen molar-refractivity contribution in [2.24, 2.45) is 0 Å². The standard InChI is InChI=1S/C15H13N3O3/c1-21-10-7-5-9(6-8-10)14-17-13(15(19)20)11-3-2-4-12(16)18(11)14/h2-8H,16H2,1H3,(H,19,20). The lowest BCUT2D eigenvalue weighted by Gasteiger charge is -2.05. The third-order valence-corrected chi connectivity index (χ3v) is 3.24. The lowest BCUT2D eigenvalue weighted by molar-refractivity contribution is 0.0693. The van der Waals surface area contributed by atoms with Crippen LogP contribution in [-0.2, 0) is 0 Å². The maximum atomic E-state index is 11.3. The van der Waals surface area contributed by atoms with Crippen LogP contribution in [0, 0.1) is 0 Å². The van der Waals surface area contributed by atoms with E-state index in [0.717, 1.165) is 5.56 Å². The Morgan fingerprint density at radius 2 is 1.95 bits per heavy atom. The molecule has 2 aromatic heterocycles. The molecule has 3 rings (SSSR count). The van der Waals surface area contributed by atoms with E-state index in [9.17, 15) is 9.90 Å². The topological polar surface area (TPSA) is 89.8 Å². The van der Waals surface area contributed by atoms with Gasteiger partial charge in [0.1, 0.15) is 17.4 Å². The number of ether oxygens (including phenoxy) is 1. The molecule has 0 unspecified atom stereocenters. The van der Waals surface area contributed by atoms with Crippen LogP contribution in [0.2, 0.25) is 0 Å². The maximum Gasteiger partial charge on any atom is 0.356 e. The Balaban J connectivity index is 2.28. The van der Waals surface area contributed by atoms with Crippen LogP contribution in [0.3, 0.4) is 0 Å². The molecular formula is C15H13N3O3. The molecule has 0 aliphatic carbocycles. The Labute approximate surface area is 120 Å². The molecule has 0 atom stereocenters. The molecule has 0 fully saturated rings. The number of carboxylic acids is 1. The number of methoxy groups -OCH3 is 1. The normalized spacial score (nSPS) is 10.7. The number of carbonyl (C=O) groups is 1. The number of nitrogens with zero attached hydrogens (tertiary/aromatic N) is 2. The second-order valence-corrected chi connectivity index (χ2v) is 4.49. The van der Waals surface area contributed by atoms with Gasteiger partial charge in [0.05, 0.1) is 12.6 Å². The van der Waals surface area contributed by atoms with Gasteiger partial charge in [-0.1, -0.05) is 6.07 Å². The predicted octanol–water partition coefficient (Wildman–Crippen LogP) is 2.29. The lowest BCUT2D eigenvalue weighted by Crippen LogP contribution is -1.99. The van der Waals surface area contributed by atoms with Crippen LogP contribution in [0.5, 0.6) is 5.75 Å².